The Hall–Kier alpha value is -1.23. The van der Waals surface area contributed by atoms with Gasteiger partial charge in [0, 0.05) is 20.3 Å². The Morgan fingerprint density at radius 3 is 2.65 bits per heavy atom. The number of hydrogen-bond donors (Lipinski definition) is 2. The molecule has 1 unspecified atom stereocenters. The smallest absolute Gasteiger partial charge is 0.0781 e. The van der Waals surface area contributed by atoms with Crippen molar-refractivity contribution in [2.75, 3.05) is 0 Å². The molecule has 0 saturated carbocycles. The second-order valence-corrected chi connectivity index (χ2v) is 6.63. The predicted octanol–water partition coefficient (Wildman–Crippen LogP) is 5.13. The maximum absolute atomic E-state index is 9.59. The van der Waals surface area contributed by atoms with Crippen LogP contribution in [-0.4, -0.2) is 10.1 Å². The van der Waals surface area contributed by atoms with Gasteiger partial charge in [-0.3, -0.25) is 0 Å². The van der Waals surface area contributed by atoms with Gasteiger partial charge in [-0.2, -0.15) is 0 Å². The van der Waals surface area contributed by atoms with Gasteiger partial charge >= 0.3 is 0 Å². The molecule has 2 nitrogen and oxygen atoms in total. The van der Waals surface area contributed by atoms with E-state index in [-0.39, 0.29) is 0 Å². The van der Waals surface area contributed by atoms with Crippen LogP contribution in [0.1, 0.15) is 18.6 Å². The van der Waals surface area contributed by atoms with Crippen LogP contribution in [0.5, 0.6) is 0 Å². The number of para-hydroxylation sites is 1. The van der Waals surface area contributed by atoms with Crippen molar-refractivity contribution in [2.24, 2.45) is 0 Å². The number of hydrogen-bond acceptors (Lipinski definition) is 2. The van der Waals surface area contributed by atoms with Crippen LogP contribution in [-0.2, 0) is 0 Å². The van der Waals surface area contributed by atoms with E-state index in [2.05, 4.69) is 39.1 Å². The minimum atomic E-state index is -0.446. The Labute approximate surface area is 130 Å². The molecule has 102 valence electrons. The summed E-state index contributed by atoms with van der Waals surface area (Å²) in [6.07, 6.45) is -0.446. The molecule has 0 saturated heterocycles. The minimum absolute atomic E-state index is 0.446. The Morgan fingerprint density at radius 1 is 1.15 bits per heavy atom. The monoisotopic (exact) mass is 347 g/mol. The first kappa shape index (κ1) is 13.7. The van der Waals surface area contributed by atoms with Crippen LogP contribution in [0.25, 0.3) is 10.9 Å². The highest BCUT2D eigenvalue weighted by Gasteiger charge is 2.08. The molecular weight excluding hydrogens is 334 g/mol. The summed E-state index contributed by atoms with van der Waals surface area (Å²) in [5.41, 5.74) is 2.06. The zero-order valence-electron chi connectivity index (χ0n) is 10.9. The summed E-state index contributed by atoms with van der Waals surface area (Å²) in [7, 11) is 0. The van der Waals surface area contributed by atoms with E-state index in [4.69, 9.17) is 0 Å². The van der Waals surface area contributed by atoms with Crippen molar-refractivity contribution in [2.45, 2.75) is 22.9 Å². The number of rotatable bonds is 3. The minimum Gasteiger partial charge on any atom is -0.389 e. The number of aliphatic hydroxyl groups is 1. The van der Waals surface area contributed by atoms with Gasteiger partial charge < -0.3 is 10.1 Å². The van der Waals surface area contributed by atoms with E-state index < -0.39 is 6.10 Å². The highest BCUT2D eigenvalue weighted by molar-refractivity contribution is 9.10. The fourth-order valence-corrected chi connectivity index (χ4v) is 3.60. The Morgan fingerprint density at radius 2 is 1.95 bits per heavy atom. The number of benzene rings is 2. The maximum Gasteiger partial charge on any atom is 0.0781 e. The summed E-state index contributed by atoms with van der Waals surface area (Å²) in [6, 6.07) is 16.3. The predicted molar refractivity (Wildman–Crippen MR) is 87.2 cm³/mol. The van der Waals surface area contributed by atoms with E-state index >= 15 is 0 Å². The second-order valence-electron chi connectivity index (χ2n) is 4.69. The molecule has 2 N–H and O–H groups in total. The molecule has 20 heavy (non-hydrogen) atoms. The SMILES string of the molecule is CC(O)c1ccc(Sc2cc3ccccc3[nH]2)c(Br)c1. The first-order valence-corrected chi connectivity index (χ1v) is 7.97. The van der Waals surface area contributed by atoms with Gasteiger partial charge in [0.05, 0.1) is 11.1 Å². The third-order valence-corrected chi connectivity index (χ3v) is 5.10. The zero-order chi connectivity index (χ0) is 14.1. The van der Waals surface area contributed by atoms with E-state index in [1.54, 1.807) is 18.7 Å². The topological polar surface area (TPSA) is 36.0 Å². The molecule has 0 spiro atoms. The molecule has 3 aromatic rings. The summed E-state index contributed by atoms with van der Waals surface area (Å²) >= 11 is 5.25. The third-order valence-electron chi connectivity index (χ3n) is 3.16. The fourth-order valence-electron chi connectivity index (χ4n) is 2.08. The summed E-state index contributed by atoms with van der Waals surface area (Å²) in [5, 5.41) is 11.9. The Balaban J connectivity index is 1.90. The Bertz CT molecular complexity index is 718. The van der Waals surface area contributed by atoms with Crippen LogP contribution in [0.3, 0.4) is 0 Å². The molecule has 0 aliphatic rings. The molecule has 0 bridgehead atoms. The first-order valence-electron chi connectivity index (χ1n) is 6.36. The van der Waals surface area contributed by atoms with Crippen molar-refractivity contribution in [3.63, 3.8) is 0 Å². The van der Waals surface area contributed by atoms with E-state index in [1.807, 2.05) is 30.3 Å². The number of fused-ring (bicyclic) bond motifs is 1. The number of nitrogens with one attached hydrogen (secondary N) is 1. The van der Waals surface area contributed by atoms with Crippen LogP contribution in [0.15, 0.2) is 62.9 Å². The Kier molecular flexibility index (Phi) is 3.87. The van der Waals surface area contributed by atoms with Gasteiger partial charge in [-0.1, -0.05) is 36.0 Å². The van der Waals surface area contributed by atoms with E-state index in [9.17, 15) is 5.11 Å². The van der Waals surface area contributed by atoms with Crippen LogP contribution in [0.4, 0.5) is 0 Å². The zero-order valence-corrected chi connectivity index (χ0v) is 13.3. The largest absolute Gasteiger partial charge is 0.389 e. The summed E-state index contributed by atoms with van der Waals surface area (Å²) < 4.78 is 1.000. The van der Waals surface area contributed by atoms with Crippen LogP contribution in [0, 0.1) is 0 Å². The molecule has 0 aliphatic heterocycles. The van der Waals surface area contributed by atoms with Crippen LogP contribution < -0.4 is 0 Å². The molecule has 0 fully saturated rings. The number of aromatic nitrogens is 1. The molecule has 0 aliphatic carbocycles. The van der Waals surface area contributed by atoms with Crippen LogP contribution in [0.2, 0.25) is 0 Å². The van der Waals surface area contributed by atoms with E-state index in [1.165, 1.54) is 5.39 Å². The molecule has 1 heterocycles. The number of H-pyrrole nitrogens is 1. The van der Waals surface area contributed by atoms with Gasteiger partial charge in [0.1, 0.15) is 0 Å². The number of aliphatic hydroxyl groups excluding tert-OH is 1. The lowest BCUT2D eigenvalue weighted by Gasteiger charge is -2.08. The molecule has 0 radical (unpaired) electrons. The number of aromatic amines is 1. The highest BCUT2D eigenvalue weighted by Crippen LogP contribution is 2.35. The van der Waals surface area contributed by atoms with Gasteiger partial charge in [0.25, 0.3) is 0 Å². The molecule has 0 amide bonds. The van der Waals surface area contributed by atoms with Crippen molar-refractivity contribution in [3.8, 4) is 0 Å². The van der Waals surface area contributed by atoms with Gasteiger partial charge in [0.15, 0.2) is 0 Å². The van der Waals surface area contributed by atoms with Gasteiger partial charge in [-0.05, 0) is 52.7 Å². The lowest BCUT2D eigenvalue weighted by atomic mass is 10.1. The standard InChI is InChI=1S/C16H14BrNOS/c1-10(19)11-6-7-15(13(17)8-11)20-16-9-12-4-2-3-5-14(12)18-16/h2-10,18-19H,1H3. The van der Waals surface area contributed by atoms with E-state index in [0.29, 0.717) is 0 Å². The molecule has 3 rings (SSSR count). The average molecular weight is 348 g/mol. The van der Waals surface area contributed by atoms with Gasteiger partial charge in [-0.15, -0.1) is 0 Å². The van der Waals surface area contributed by atoms with Crippen molar-refractivity contribution in [3.05, 3.63) is 58.6 Å². The van der Waals surface area contributed by atoms with Gasteiger partial charge in [-0.25, -0.2) is 0 Å². The van der Waals surface area contributed by atoms with Crippen molar-refractivity contribution in [1.29, 1.82) is 0 Å². The summed E-state index contributed by atoms with van der Waals surface area (Å²) in [6.45, 7) is 1.77. The summed E-state index contributed by atoms with van der Waals surface area (Å²) in [5.74, 6) is 0. The maximum atomic E-state index is 9.59. The molecular formula is C16H14BrNOS. The molecule has 1 aromatic heterocycles. The average Bonchev–Trinajstić information content (AvgIpc) is 2.83. The first-order chi connectivity index (χ1) is 9.63. The van der Waals surface area contributed by atoms with Crippen LogP contribution >= 0.6 is 27.7 Å². The normalized spacial score (nSPS) is 12.8. The van der Waals surface area contributed by atoms with Crippen molar-refractivity contribution >= 4 is 38.6 Å². The lowest BCUT2D eigenvalue weighted by molar-refractivity contribution is 0.199. The second kappa shape index (κ2) is 5.64. The van der Waals surface area contributed by atoms with Crippen molar-refractivity contribution < 1.29 is 5.11 Å². The van der Waals surface area contributed by atoms with Crippen molar-refractivity contribution in [1.82, 2.24) is 4.98 Å². The fraction of sp³-hybridized carbons (Fsp3) is 0.125. The third kappa shape index (κ3) is 2.77. The molecule has 1 atom stereocenters. The number of halogens is 1. The molecule has 4 heteroatoms. The quantitative estimate of drug-likeness (QED) is 0.688. The highest BCUT2D eigenvalue weighted by atomic mass is 79.9. The lowest BCUT2D eigenvalue weighted by Crippen LogP contribution is -1.90. The van der Waals surface area contributed by atoms with E-state index in [0.717, 1.165) is 25.5 Å². The molecule has 2 aromatic carbocycles. The summed E-state index contributed by atoms with van der Waals surface area (Å²) in [4.78, 5) is 4.53. The van der Waals surface area contributed by atoms with Gasteiger partial charge in [0.2, 0.25) is 0 Å².